The molecule has 0 aromatic heterocycles. The highest BCUT2D eigenvalue weighted by atomic mass is 31.1. The molecule has 0 aliphatic heterocycles. The first-order valence-electron chi connectivity index (χ1n) is 9.09. The summed E-state index contributed by atoms with van der Waals surface area (Å²) in [7, 11) is 4.17. The van der Waals surface area contributed by atoms with E-state index in [4.69, 9.17) is 9.47 Å². The molecule has 0 aliphatic carbocycles. The highest BCUT2D eigenvalue weighted by Crippen LogP contribution is 2.27. The number of methoxy groups -OCH3 is 1. The Bertz CT molecular complexity index is 852. The lowest BCUT2D eigenvalue weighted by atomic mass is 10.0. The van der Waals surface area contributed by atoms with Gasteiger partial charge in [0, 0.05) is 25.4 Å². The number of benzene rings is 3. The van der Waals surface area contributed by atoms with E-state index in [-0.39, 0.29) is 6.79 Å². The van der Waals surface area contributed by atoms with Crippen LogP contribution in [-0.4, -0.2) is 21.0 Å². The van der Waals surface area contributed by atoms with Gasteiger partial charge in [-0.3, -0.25) is 0 Å². The van der Waals surface area contributed by atoms with Gasteiger partial charge in [0.15, 0.2) is 6.79 Å². The van der Waals surface area contributed by atoms with E-state index in [0.717, 1.165) is 18.7 Å². The van der Waals surface area contributed by atoms with Crippen molar-refractivity contribution in [3.05, 3.63) is 89.5 Å². The molecule has 0 heterocycles. The van der Waals surface area contributed by atoms with Crippen molar-refractivity contribution in [1.29, 1.82) is 0 Å². The monoisotopic (exact) mass is 379 g/mol. The van der Waals surface area contributed by atoms with E-state index in [0.29, 0.717) is 8.58 Å². The number of ether oxygens (including phenoxy) is 2. The van der Waals surface area contributed by atoms with Crippen molar-refractivity contribution in [3.63, 3.8) is 0 Å². The van der Waals surface area contributed by atoms with Crippen molar-refractivity contribution in [1.82, 2.24) is 5.32 Å². The fraction of sp³-hybridized carbons (Fsp3) is 0.217. The zero-order valence-corrected chi connectivity index (χ0v) is 16.9. The van der Waals surface area contributed by atoms with Gasteiger partial charge in [-0.05, 0) is 29.0 Å². The van der Waals surface area contributed by atoms with Crippen LogP contribution in [0.4, 0.5) is 0 Å². The SMILES string of the molecule is CNCc1ccccc1Pc1cccc(Cc2ccccc2)c1OCOC. The van der Waals surface area contributed by atoms with Gasteiger partial charge < -0.3 is 14.8 Å². The number of hydrogen-bond acceptors (Lipinski definition) is 3. The molecular weight excluding hydrogens is 353 g/mol. The largest absolute Gasteiger partial charge is 0.467 e. The van der Waals surface area contributed by atoms with Gasteiger partial charge >= 0.3 is 0 Å². The van der Waals surface area contributed by atoms with Crippen LogP contribution in [-0.2, 0) is 17.7 Å². The topological polar surface area (TPSA) is 30.5 Å². The number of nitrogens with one attached hydrogen (secondary N) is 1. The summed E-state index contributed by atoms with van der Waals surface area (Å²) >= 11 is 0. The molecule has 0 aliphatic rings. The van der Waals surface area contributed by atoms with Gasteiger partial charge in [-0.15, -0.1) is 0 Å². The van der Waals surface area contributed by atoms with Crippen molar-refractivity contribution >= 4 is 19.2 Å². The van der Waals surface area contributed by atoms with Crippen LogP contribution in [0.25, 0.3) is 0 Å². The van der Waals surface area contributed by atoms with Crippen LogP contribution in [0.15, 0.2) is 72.8 Å². The average Bonchev–Trinajstić information content (AvgIpc) is 2.70. The molecule has 3 rings (SSSR count). The van der Waals surface area contributed by atoms with Crippen LogP contribution in [0.5, 0.6) is 5.75 Å². The van der Waals surface area contributed by atoms with E-state index in [9.17, 15) is 0 Å². The summed E-state index contributed by atoms with van der Waals surface area (Å²) in [5.41, 5.74) is 3.79. The Balaban J connectivity index is 1.93. The van der Waals surface area contributed by atoms with Crippen LogP contribution in [0.2, 0.25) is 0 Å². The fourth-order valence-corrected chi connectivity index (χ4v) is 4.39. The quantitative estimate of drug-likeness (QED) is 0.455. The first-order chi connectivity index (χ1) is 13.3. The second-order valence-corrected chi connectivity index (χ2v) is 7.65. The van der Waals surface area contributed by atoms with E-state index < -0.39 is 0 Å². The molecule has 1 atom stereocenters. The zero-order chi connectivity index (χ0) is 18.9. The molecule has 0 radical (unpaired) electrons. The van der Waals surface area contributed by atoms with Crippen molar-refractivity contribution in [2.45, 2.75) is 13.0 Å². The maximum Gasteiger partial charge on any atom is 0.188 e. The lowest BCUT2D eigenvalue weighted by Crippen LogP contribution is -2.17. The summed E-state index contributed by atoms with van der Waals surface area (Å²) in [6.45, 7) is 1.11. The van der Waals surface area contributed by atoms with Crippen LogP contribution < -0.4 is 20.7 Å². The molecule has 140 valence electrons. The van der Waals surface area contributed by atoms with Gasteiger partial charge in [0.25, 0.3) is 0 Å². The second-order valence-electron chi connectivity index (χ2n) is 6.32. The Hall–Kier alpha value is -2.19. The van der Waals surface area contributed by atoms with Gasteiger partial charge in [0.1, 0.15) is 5.75 Å². The molecular formula is C23H26NO2P. The lowest BCUT2D eigenvalue weighted by molar-refractivity contribution is 0.0513. The van der Waals surface area contributed by atoms with Gasteiger partial charge in [0.2, 0.25) is 0 Å². The van der Waals surface area contributed by atoms with Gasteiger partial charge in [-0.25, -0.2) is 0 Å². The van der Waals surface area contributed by atoms with Crippen molar-refractivity contribution in [2.24, 2.45) is 0 Å². The van der Waals surface area contributed by atoms with E-state index in [2.05, 4.69) is 72.0 Å². The Labute approximate surface area is 163 Å². The molecule has 0 fully saturated rings. The Kier molecular flexibility index (Phi) is 7.41. The molecule has 0 saturated carbocycles. The fourth-order valence-electron chi connectivity index (χ4n) is 3.06. The molecule has 27 heavy (non-hydrogen) atoms. The van der Waals surface area contributed by atoms with Crippen molar-refractivity contribution in [3.8, 4) is 5.75 Å². The van der Waals surface area contributed by atoms with Gasteiger partial charge in [-0.1, -0.05) is 81.4 Å². The zero-order valence-electron chi connectivity index (χ0n) is 15.9. The van der Waals surface area contributed by atoms with E-state index in [1.54, 1.807) is 7.11 Å². The highest BCUT2D eigenvalue weighted by molar-refractivity contribution is 7.55. The minimum atomic E-state index is 0.251. The van der Waals surface area contributed by atoms with Gasteiger partial charge in [0.05, 0.1) is 0 Å². The summed E-state index contributed by atoms with van der Waals surface area (Å²) in [5, 5.41) is 5.81. The van der Waals surface area contributed by atoms with Gasteiger partial charge in [-0.2, -0.15) is 0 Å². The third-order valence-electron chi connectivity index (χ3n) is 4.31. The first kappa shape index (κ1) is 19.6. The predicted molar refractivity (Wildman–Crippen MR) is 115 cm³/mol. The summed E-state index contributed by atoms with van der Waals surface area (Å²) in [5.74, 6) is 0.945. The molecule has 0 spiro atoms. The van der Waals surface area contributed by atoms with Crippen LogP contribution >= 0.6 is 8.58 Å². The minimum Gasteiger partial charge on any atom is -0.467 e. The molecule has 0 amide bonds. The molecule has 3 nitrogen and oxygen atoms in total. The third-order valence-corrected chi connectivity index (χ3v) is 5.73. The Morgan fingerprint density at radius 1 is 0.815 bits per heavy atom. The standard InChI is InChI=1S/C23H26NO2P/c1-24-16-20-11-6-7-13-21(20)27-22-14-8-12-19(23(22)26-17-25-2)15-18-9-4-3-5-10-18/h3-14,24,27H,15-17H2,1-2H3. The molecule has 4 heteroatoms. The second kappa shape index (κ2) is 10.2. The maximum absolute atomic E-state index is 6.03. The normalized spacial score (nSPS) is 11.2. The summed E-state index contributed by atoms with van der Waals surface area (Å²) in [6, 6.07) is 25.5. The molecule has 0 saturated heterocycles. The Morgan fingerprint density at radius 3 is 2.30 bits per heavy atom. The Morgan fingerprint density at radius 2 is 1.52 bits per heavy atom. The predicted octanol–water partition coefficient (Wildman–Crippen LogP) is 3.61. The van der Waals surface area contributed by atoms with Crippen LogP contribution in [0.3, 0.4) is 0 Å². The molecule has 3 aromatic rings. The minimum absolute atomic E-state index is 0.251. The molecule has 1 unspecified atom stereocenters. The van der Waals surface area contributed by atoms with Crippen LogP contribution in [0, 0.1) is 0 Å². The van der Waals surface area contributed by atoms with E-state index >= 15 is 0 Å². The summed E-state index contributed by atoms with van der Waals surface area (Å²) in [4.78, 5) is 0. The van der Waals surface area contributed by atoms with E-state index in [1.165, 1.54) is 27.3 Å². The van der Waals surface area contributed by atoms with E-state index in [1.807, 2.05) is 13.1 Å². The summed E-state index contributed by atoms with van der Waals surface area (Å²) in [6.07, 6.45) is 0.844. The number of para-hydroxylation sites is 1. The van der Waals surface area contributed by atoms with Crippen molar-refractivity contribution in [2.75, 3.05) is 21.0 Å². The average molecular weight is 379 g/mol. The molecule has 1 N–H and O–H groups in total. The highest BCUT2D eigenvalue weighted by Gasteiger charge is 2.13. The number of rotatable bonds is 9. The number of hydrogen-bond donors (Lipinski definition) is 1. The van der Waals surface area contributed by atoms with Crippen molar-refractivity contribution < 1.29 is 9.47 Å². The van der Waals surface area contributed by atoms with Crippen LogP contribution in [0.1, 0.15) is 16.7 Å². The molecule has 0 bridgehead atoms. The smallest absolute Gasteiger partial charge is 0.188 e. The molecule has 3 aromatic carbocycles. The lowest BCUT2D eigenvalue weighted by Gasteiger charge is -2.17. The maximum atomic E-state index is 6.03. The first-order valence-corrected chi connectivity index (χ1v) is 10.1. The summed E-state index contributed by atoms with van der Waals surface area (Å²) < 4.78 is 11.2. The third kappa shape index (κ3) is 5.40.